The summed E-state index contributed by atoms with van der Waals surface area (Å²) < 4.78 is 5.98. The van der Waals surface area contributed by atoms with E-state index in [-0.39, 0.29) is 23.9 Å². The van der Waals surface area contributed by atoms with Crippen LogP contribution in [0.1, 0.15) is 40.1 Å². The Labute approximate surface area is 123 Å². The van der Waals surface area contributed by atoms with Gasteiger partial charge in [0.2, 0.25) is 5.78 Å². The summed E-state index contributed by atoms with van der Waals surface area (Å²) in [6, 6.07) is 17.5. The fourth-order valence-electron chi connectivity index (χ4n) is 3.19. The zero-order chi connectivity index (χ0) is 14.2. The maximum absolute atomic E-state index is 12.0. The first-order valence-corrected chi connectivity index (χ1v) is 7.18. The van der Waals surface area contributed by atoms with Crippen LogP contribution in [-0.4, -0.2) is 5.78 Å². The van der Waals surface area contributed by atoms with Crippen LogP contribution in [0.25, 0.3) is 0 Å². The minimum Gasteiger partial charge on any atom is -0.364 e. The highest BCUT2D eigenvalue weighted by Crippen LogP contribution is 2.53. The predicted octanol–water partition coefficient (Wildman–Crippen LogP) is 3.71. The fourth-order valence-corrected chi connectivity index (χ4v) is 3.19. The Balaban J connectivity index is 1.57. The van der Waals surface area contributed by atoms with Crippen LogP contribution in [0.4, 0.5) is 0 Å². The van der Waals surface area contributed by atoms with Gasteiger partial charge in [-0.05, 0) is 23.5 Å². The Morgan fingerprint density at radius 2 is 1.71 bits per heavy atom. The number of ether oxygens (including phenoxy) is 1. The smallest absolute Gasteiger partial charge is 0.235 e. The molecule has 2 heteroatoms. The molecule has 2 aliphatic rings. The Bertz CT molecular complexity index is 752. The van der Waals surface area contributed by atoms with E-state index in [2.05, 4.69) is 24.0 Å². The lowest BCUT2D eigenvalue weighted by Gasteiger charge is -2.16. The second kappa shape index (κ2) is 4.87. The largest absolute Gasteiger partial charge is 0.364 e. The molecule has 2 nitrogen and oxygen atoms in total. The highest BCUT2D eigenvalue weighted by Gasteiger charge is 2.44. The Kier molecular flexibility index (Phi) is 2.87. The highest BCUT2D eigenvalue weighted by atomic mass is 16.5. The van der Waals surface area contributed by atoms with E-state index in [1.54, 1.807) is 12.1 Å². The number of fused-ring (bicyclic) bond motifs is 5. The molecule has 0 spiro atoms. The summed E-state index contributed by atoms with van der Waals surface area (Å²) in [7, 11) is 0. The lowest BCUT2D eigenvalue weighted by Crippen LogP contribution is -2.09. The van der Waals surface area contributed by atoms with Gasteiger partial charge in [0.1, 0.15) is 0 Å². The number of hydrogen-bond donors (Lipinski definition) is 0. The van der Waals surface area contributed by atoms with Gasteiger partial charge in [-0.25, -0.2) is 0 Å². The first kappa shape index (κ1) is 12.4. The molecule has 2 aromatic carbocycles. The molecule has 4 rings (SSSR count). The van der Waals surface area contributed by atoms with Gasteiger partial charge in [0, 0.05) is 5.56 Å². The van der Waals surface area contributed by atoms with Gasteiger partial charge in [-0.1, -0.05) is 60.5 Å². The summed E-state index contributed by atoms with van der Waals surface area (Å²) in [6.07, 6.45) is 1.07. The Morgan fingerprint density at radius 3 is 2.52 bits per heavy atom. The Hall–Kier alpha value is -2.37. The molecule has 102 valence electrons. The van der Waals surface area contributed by atoms with Crippen LogP contribution < -0.4 is 0 Å². The first-order chi connectivity index (χ1) is 10.3. The zero-order valence-corrected chi connectivity index (χ0v) is 11.5. The van der Waals surface area contributed by atoms with Gasteiger partial charge in [-0.15, -0.1) is 0 Å². The van der Waals surface area contributed by atoms with Crippen molar-refractivity contribution in [2.45, 2.75) is 18.6 Å². The van der Waals surface area contributed by atoms with Crippen LogP contribution in [0.3, 0.4) is 0 Å². The fraction of sp³-hybridized carbons (Fsp3) is 0.211. The number of rotatable bonds is 1. The monoisotopic (exact) mass is 274 g/mol. The quantitative estimate of drug-likeness (QED) is 0.450. The number of benzene rings is 2. The van der Waals surface area contributed by atoms with E-state index in [1.165, 1.54) is 11.1 Å². The molecule has 0 saturated carbocycles. The van der Waals surface area contributed by atoms with E-state index in [1.807, 2.05) is 30.3 Å². The standard InChI is InChI=1S/C19H14O2/c20-17(13-6-2-1-3-7-13)11-10-14-12-18-15-8-4-5-9-16(15)19(14)21-18/h1-9,14,18-19H,12H2. The first-order valence-electron chi connectivity index (χ1n) is 7.18. The van der Waals surface area contributed by atoms with Crippen molar-refractivity contribution >= 4 is 5.78 Å². The Morgan fingerprint density at radius 1 is 1.00 bits per heavy atom. The molecule has 3 unspecified atom stereocenters. The molecule has 0 radical (unpaired) electrons. The second-order valence-corrected chi connectivity index (χ2v) is 5.48. The average Bonchev–Trinajstić information content (AvgIpc) is 3.12. The van der Waals surface area contributed by atoms with E-state index in [0.29, 0.717) is 5.56 Å². The van der Waals surface area contributed by atoms with Crippen molar-refractivity contribution in [1.29, 1.82) is 0 Å². The van der Waals surface area contributed by atoms with E-state index in [9.17, 15) is 4.79 Å². The van der Waals surface area contributed by atoms with Crippen molar-refractivity contribution in [3.8, 4) is 11.8 Å². The molecule has 2 heterocycles. The van der Waals surface area contributed by atoms with Gasteiger partial charge in [0.25, 0.3) is 0 Å². The van der Waals surface area contributed by atoms with Crippen molar-refractivity contribution in [2.24, 2.45) is 5.92 Å². The number of carbonyl (C=O) groups excluding carboxylic acids is 1. The van der Waals surface area contributed by atoms with Gasteiger partial charge in [-0.2, -0.15) is 0 Å². The highest BCUT2D eigenvalue weighted by molar-refractivity contribution is 6.08. The molecule has 0 N–H and O–H groups in total. The maximum Gasteiger partial charge on any atom is 0.235 e. The summed E-state index contributed by atoms with van der Waals surface area (Å²) in [5.74, 6) is 5.92. The third-order valence-electron chi connectivity index (χ3n) is 4.20. The van der Waals surface area contributed by atoms with Crippen molar-refractivity contribution in [3.63, 3.8) is 0 Å². The molecule has 2 bridgehead atoms. The zero-order valence-electron chi connectivity index (χ0n) is 11.5. The van der Waals surface area contributed by atoms with Crippen LogP contribution in [0.15, 0.2) is 54.6 Å². The van der Waals surface area contributed by atoms with E-state index < -0.39 is 0 Å². The molecule has 3 atom stereocenters. The van der Waals surface area contributed by atoms with Crippen LogP contribution in [-0.2, 0) is 4.74 Å². The van der Waals surface area contributed by atoms with E-state index in [4.69, 9.17) is 4.74 Å². The summed E-state index contributed by atoms with van der Waals surface area (Å²) in [5, 5.41) is 0. The van der Waals surface area contributed by atoms with Crippen LogP contribution in [0.5, 0.6) is 0 Å². The van der Waals surface area contributed by atoms with Gasteiger partial charge >= 0.3 is 0 Å². The van der Waals surface area contributed by atoms with Gasteiger partial charge < -0.3 is 4.74 Å². The normalized spacial score (nSPS) is 25.0. The van der Waals surface area contributed by atoms with Crippen LogP contribution >= 0.6 is 0 Å². The lowest BCUT2D eigenvalue weighted by molar-refractivity contribution is 0.0657. The summed E-state index contributed by atoms with van der Waals surface area (Å²) in [5.41, 5.74) is 3.17. The topological polar surface area (TPSA) is 26.3 Å². The molecular weight excluding hydrogens is 260 g/mol. The van der Waals surface area contributed by atoms with E-state index in [0.717, 1.165) is 6.42 Å². The van der Waals surface area contributed by atoms with Gasteiger partial charge in [0.15, 0.2) is 0 Å². The average molecular weight is 274 g/mol. The van der Waals surface area contributed by atoms with Crippen LogP contribution in [0.2, 0.25) is 0 Å². The summed E-state index contributed by atoms with van der Waals surface area (Å²) in [4.78, 5) is 12.0. The molecule has 0 amide bonds. The predicted molar refractivity (Wildman–Crippen MR) is 79.7 cm³/mol. The van der Waals surface area contributed by atoms with Crippen molar-refractivity contribution < 1.29 is 9.53 Å². The third-order valence-corrected chi connectivity index (χ3v) is 4.20. The van der Waals surface area contributed by atoms with Gasteiger partial charge in [-0.3, -0.25) is 4.79 Å². The number of Topliss-reactive ketones (excluding diaryl/α,β-unsaturated/α-hetero) is 1. The molecule has 2 aliphatic heterocycles. The summed E-state index contributed by atoms with van der Waals surface area (Å²) in [6.45, 7) is 0. The molecule has 0 aliphatic carbocycles. The number of hydrogen-bond acceptors (Lipinski definition) is 2. The SMILES string of the molecule is O=C(C#CC1CC2OC1c1ccccc12)c1ccccc1. The van der Waals surface area contributed by atoms with Crippen molar-refractivity contribution in [3.05, 3.63) is 71.3 Å². The summed E-state index contributed by atoms with van der Waals surface area (Å²) >= 11 is 0. The van der Waals surface area contributed by atoms with Crippen molar-refractivity contribution in [2.75, 3.05) is 0 Å². The third kappa shape index (κ3) is 2.07. The minimum atomic E-state index is -0.119. The number of ketones is 1. The van der Waals surface area contributed by atoms with Crippen molar-refractivity contribution in [1.82, 2.24) is 0 Å². The number of carbonyl (C=O) groups is 1. The molecule has 1 fully saturated rings. The molecule has 2 aromatic rings. The van der Waals surface area contributed by atoms with E-state index >= 15 is 0 Å². The maximum atomic E-state index is 12.0. The van der Waals surface area contributed by atoms with Gasteiger partial charge in [0.05, 0.1) is 18.1 Å². The van der Waals surface area contributed by atoms with Crippen LogP contribution in [0, 0.1) is 17.8 Å². The molecule has 21 heavy (non-hydrogen) atoms. The second-order valence-electron chi connectivity index (χ2n) is 5.48. The lowest BCUT2D eigenvalue weighted by atomic mass is 9.84. The molecule has 0 aromatic heterocycles. The molecule has 1 saturated heterocycles. The minimum absolute atomic E-state index is 0.0299. The molecular formula is C19H14O2.